The molecule has 0 unspecified atom stereocenters. The summed E-state index contributed by atoms with van der Waals surface area (Å²) in [5.41, 5.74) is 1.41. The fraction of sp³-hybridized carbons (Fsp3) is 0.417. The van der Waals surface area contributed by atoms with Gasteiger partial charge < -0.3 is 10.6 Å². The molecule has 0 saturated carbocycles. The largest absolute Gasteiger partial charge is 0.326 e. The van der Waals surface area contributed by atoms with E-state index in [0.717, 1.165) is 18.5 Å². The predicted molar refractivity (Wildman–Crippen MR) is 70.2 cm³/mol. The summed E-state index contributed by atoms with van der Waals surface area (Å²) in [6.45, 7) is 2.64. The lowest BCUT2D eigenvalue weighted by Gasteiger charge is -2.08. The van der Waals surface area contributed by atoms with Crippen LogP contribution in [0.5, 0.6) is 0 Å². The van der Waals surface area contributed by atoms with Gasteiger partial charge in [-0.15, -0.1) is 12.4 Å². The molecular formula is C12H18ClFN2O. The Kier molecular flexibility index (Phi) is 7.50. The van der Waals surface area contributed by atoms with Crippen molar-refractivity contribution >= 4 is 24.0 Å². The number of halogens is 2. The minimum atomic E-state index is -0.337. The van der Waals surface area contributed by atoms with E-state index in [1.165, 1.54) is 12.1 Å². The van der Waals surface area contributed by atoms with Crippen LogP contribution in [0.2, 0.25) is 0 Å². The molecule has 5 heteroatoms. The second-order valence-electron chi connectivity index (χ2n) is 3.71. The molecule has 1 aromatic carbocycles. The third kappa shape index (κ3) is 5.65. The van der Waals surface area contributed by atoms with Crippen molar-refractivity contribution in [2.75, 3.05) is 18.9 Å². The maximum absolute atomic E-state index is 12.9. The van der Waals surface area contributed by atoms with Crippen LogP contribution in [-0.4, -0.2) is 19.5 Å². The first kappa shape index (κ1) is 15.9. The molecule has 2 N–H and O–H groups in total. The van der Waals surface area contributed by atoms with Crippen LogP contribution in [-0.2, 0) is 4.79 Å². The molecule has 17 heavy (non-hydrogen) atoms. The summed E-state index contributed by atoms with van der Waals surface area (Å²) in [4.78, 5) is 11.5. The third-order valence-corrected chi connectivity index (χ3v) is 2.30. The third-order valence-electron chi connectivity index (χ3n) is 2.30. The van der Waals surface area contributed by atoms with E-state index in [1.54, 1.807) is 6.07 Å². The highest BCUT2D eigenvalue weighted by Crippen LogP contribution is 2.16. The number of carbonyl (C=O) groups is 1. The lowest BCUT2D eigenvalue weighted by molar-refractivity contribution is -0.116. The summed E-state index contributed by atoms with van der Waals surface area (Å²) in [6.07, 6.45) is 1.22. The number of hydrogen-bond acceptors (Lipinski definition) is 2. The van der Waals surface area contributed by atoms with Crippen molar-refractivity contribution in [1.29, 1.82) is 0 Å². The van der Waals surface area contributed by atoms with Crippen LogP contribution >= 0.6 is 12.4 Å². The van der Waals surface area contributed by atoms with E-state index in [9.17, 15) is 9.18 Å². The van der Waals surface area contributed by atoms with Gasteiger partial charge in [0, 0.05) is 12.1 Å². The fourth-order valence-electron chi connectivity index (χ4n) is 1.37. The molecule has 0 heterocycles. The normalized spacial score (nSPS) is 9.59. The Labute approximate surface area is 107 Å². The van der Waals surface area contributed by atoms with Gasteiger partial charge in [0.05, 0.1) is 0 Å². The number of rotatable bonds is 5. The van der Waals surface area contributed by atoms with E-state index in [2.05, 4.69) is 10.6 Å². The zero-order valence-corrected chi connectivity index (χ0v) is 10.9. The minimum absolute atomic E-state index is 0. The number of amides is 1. The lowest BCUT2D eigenvalue weighted by Crippen LogP contribution is -2.15. The van der Waals surface area contributed by atoms with Gasteiger partial charge in [-0.1, -0.05) is 6.07 Å². The van der Waals surface area contributed by atoms with Crippen LogP contribution in [0.4, 0.5) is 10.1 Å². The topological polar surface area (TPSA) is 41.1 Å². The van der Waals surface area contributed by atoms with Crippen molar-refractivity contribution in [3.63, 3.8) is 0 Å². The van der Waals surface area contributed by atoms with Crippen molar-refractivity contribution in [2.45, 2.75) is 19.8 Å². The molecule has 1 aromatic rings. The molecule has 0 spiro atoms. The zero-order chi connectivity index (χ0) is 12.0. The van der Waals surface area contributed by atoms with Gasteiger partial charge in [-0.2, -0.15) is 0 Å². The number of benzene rings is 1. The highest BCUT2D eigenvalue weighted by Gasteiger charge is 2.05. The summed E-state index contributed by atoms with van der Waals surface area (Å²) in [5, 5.41) is 5.67. The van der Waals surface area contributed by atoms with Gasteiger partial charge in [0.25, 0.3) is 0 Å². The van der Waals surface area contributed by atoms with Gasteiger partial charge in [0.15, 0.2) is 0 Å². The van der Waals surface area contributed by atoms with Gasteiger partial charge in [-0.25, -0.2) is 4.39 Å². The molecule has 0 aliphatic heterocycles. The molecule has 0 aliphatic rings. The number of nitrogens with one attached hydrogen (secondary N) is 2. The van der Waals surface area contributed by atoms with Crippen molar-refractivity contribution in [3.05, 3.63) is 29.6 Å². The van der Waals surface area contributed by atoms with E-state index in [1.807, 2.05) is 14.0 Å². The zero-order valence-electron chi connectivity index (χ0n) is 10.0. The van der Waals surface area contributed by atoms with Crippen LogP contribution in [0.1, 0.15) is 18.4 Å². The van der Waals surface area contributed by atoms with Crippen LogP contribution in [0.15, 0.2) is 18.2 Å². The van der Waals surface area contributed by atoms with Crippen LogP contribution < -0.4 is 10.6 Å². The Balaban J connectivity index is 0.00000256. The second kappa shape index (κ2) is 8.03. The van der Waals surface area contributed by atoms with Gasteiger partial charge in [-0.3, -0.25) is 4.79 Å². The van der Waals surface area contributed by atoms with Crippen molar-refractivity contribution in [3.8, 4) is 0 Å². The molecule has 0 aromatic heterocycles. The summed E-state index contributed by atoms with van der Waals surface area (Å²) in [7, 11) is 1.84. The standard InChI is InChI=1S/C12H17FN2O.ClH/c1-9-5-6-10(13)8-11(9)15-12(16)4-3-7-14-2;/h5-6,8,14H,3-4,7H2,1-2H3,(H,15,16);1H. The minimum Gasteiger partial charge on any atom is -0.326 e. The maximum Gasteiger partial charge on any atom is 0.224 e. The van der Waals surface area contributed by atoms with Gasteiger partial charge >= 0.3 is 0 Å². The van der Waals surface area contributed by atoms with E-state index in [4.69, 9.17) is 0 Å². The first-order valence-electron chi connectivity index (χ1n) is 5.34. The van der Waals surface area contributed by atoms with E-state index < -0.39 is 0 Å². The monoisotopic (exact) mass is 260 g/mol. The average molecular weight is 261 g/mol. The molecule has 0 fully saturated rings. The first-order valence-corrected chi connectivity index (χ1v) is 5.34. The summed E-state index contributed by atoms with van der Waals surface area (Å²) < 4.78 is 12.9. The van der Waals surface area contributed by atoms with E-state index in [0.29, 0.717) is 12.1 Å². The Morgan fingerprint density at radius 1 is 1.41 bits per heavy atom. The fourth-order valence-corrected chi connectivity index (χ4v) is 1.37. The maximum atomic E-state index is 12.9. The number of aryl methyl sites for hydroxylation is 1. The van der Waals surface area contributed by atoms with Crippen LogP contribution in [0.25, 0.3) is 0 Å². The molecule has 0 bridgehead atoms. The molecule has 1 rings (SSSR count). The summed E-state index contributed by atoms with van der Waals surface area (Å²) in [5.74, 6) is -0.417. The van der Waals surface area contributed by atoms with Crippen molar-refractivity contribution in [1.82, 2.24) is 5.32 Å². The van der Waals surface area contributed by atoms with Gasteiger partial charge in [-0.05, 0) is 44.6 Å². The Bertz CT molecular complexity index is 372. The van der Waals surface area contributed by atoms with E-state index in [-0.39, 0.29) is 24.1 Å². The highest BCUT2D eigenvalue weighted by atomic mass is 35.5. The van der Waals surface area contributed by atoms with Gasteiger partial charge in [0.1, 0.15) is 5.82 Å². The van der Waals surface area contributed by atoms with E-state index >= 15 is 0 Å². The number of hydrogen-bond donors (Lipinski definition) is 2. The molecule has 0 saturated heterocycles. The number of anilines is 1. The molecule has 0 radical (unpaired) electrons. The summed E-state index contributed by atoms with van der Waals surface area (Å²) in [6, 6.07) is 4.37. The molecule has 1 amide bonds. The van der Waals surface area contributed by atoms with Crippen LogP contribution in [0, 0.1) is 12.7 Å². The molecule has 0 atom stereocenters. The summed E-state index contributed by atoms with van der Waals surface area (Å²) >= 11 is 0. The van der Waals surface area contributed by atoms with Crippen LogP contribution in [0.3, 0.4) is 0 Å². The molecular weight excluding hydrogens is 243 g/mol. The van der Waals surface area contributed by atoms with Gasteiger partial charge in [0.2, 0.25) is 5.91 Å². The molecule has 3 nitrogen and oxygen atoms in total. The molecule has 0 aliphatic carbocycles. The second-order valence-corrected chi connectivity index (χ2v) is 3.71. The Hall–Kier alpha value is -1.13. The average Bonchev–Trinajstić information content (AvgIpc) is 2.24. The molecule has 96 valence electrons. The van der Waals surface area contributed by atoms with Crippen molar-refractivity contribution in [2.24, 2.45) is 0 Å². The lowest BCUT2D eigenvalue weighted by atomic mass is 10.2. The number of carbonyl (C=O) groups excluding carboxylic acids is 1. The Morgan fingerprint density at radius 2 is 2.12 bits per heavy atom. The first-order chi connectivity index (χ1) is 7.63. The quantitative estimate of drug-likeness (QED) is 0.799. The highest BCUT2D eigenvalue weighted by molar-refractivity contribution is 5.91. The SMILES string of the molecule is CNCCCC(=O)Nc1cc(F)ccc1C.Cl. The van der Waals surface area contributed by atoms with Crippen molar-refractivity contribution < 1.29 is 9.18 Å². The Morgan fingerprint density at radius 3 is 2.76 bits per heavy atom. The predicted octanol–water partition coefficient (Wildman–Crippen LogP) is 2.49. The smallest absolute Gasteiger partial charge is 0.224 e.